The van der Waals surface area contributed by atoms with Crippen LogP contribution in [0.3, 0.4) is 0 Å². The Hall–Kier alpha value is -2.05. The Labute approximate surface area is 180 Å². The van der Waals surface area contributed by atoms with Crippen LogP contribution >= 0.6 is 23.4 Å². The van der Waals surface area contributed by atoms with Crippen LogP contribution in [0.15, 0.2) is 48.5 Å². The van der Waals surface area contributed by atoms with Gasteiger partial charge in [-0.25, -0.2) is 4.39 Å². The van der Waals surface area contributed by atoms with Gasteiger partial charge in [0.15, 0.2) is 0 Å². The molecule has 0 heterocycles. The molecule has 156 valence electrons. The molecule has 1 atom stereocenters. The van der Waals surface area contributed by atoms with Crippen LogP contribution in [0.25, 0.3) is 0 Å². The lowest BCUT2D eigenvalue weighted by Crippen LogP contribution is -2.48. The SMILES string of the molecule is CCCNC(=O)[C@H](C)N(Cc1ccc(Cl)cc1)C(=O)CSCc1ccc(F)cc1. The number of amides is 2. The lowest BCUT2D eigenvalue weighted by molar-refractivity contribution is -0.138. The first kappa shape index (κ1) is 23.2. The number of nitrogens with zero attached hydrogens (tertiary/aromatic N) is 1. The zero-order valence-electron chi connectivity index (χ0n) is 16.7. The summed E-state index contributed by atoms with van der Waals surface area (Å²) in [6.07, 6.45) is 0.830. The summed E-state index contributed by atoms with van der Waals surface area (Å²) in [4.78, 5) is 27.0. The minimum atomic E-state index is -0.587. The molecular formula is C22H26ClFN2O2S. The molecule has 0 saturated heterocycles. The van der Waals surface area contributed by atoms with Gasteiger partial charge in [-0.05, 0) is 48.7 Å². The highest BCUT2D eigenvalue weighted by Crippen LogP contribution is 2.17. The number of hydrogen-bond acceptors (Lipinski definition) is 3. The average molecular weight is 437 g/mol. The first-order valence-electron chi connectivity index (χ1n) is 9.54. The normalized spacial score (nSPS) is 11.7. The Bertz CT molecular complexity index is 799. The zero-order valence-corrected chi connectivity index (χ0v) is 18.2. The number of thioether (sulfide) groups is 1. The third-order valence-corrected chi connectivity index (χ3v) is 5.63. The Morgan fingerprint density at radius 2 is 1.72 bits per heavy atom. The quantitative estimate of drug-likeness (QED) is 0.589. The molecule has 2 rings (SSSR count). The molecule has 0 unspecified atom stereocenters. The summed E-state index contributed by atoms with van der Waals surface area (Å²) in [5, 5.41) is 3.47. The molecule has 2 aromatic carbocycles. The molecule has 0 spiro atoms. The van der Waals surface area contributed by atoms with Gasteiger partial charge in [-0.1, -0.05) is 42.8 Å². The van der Waals surface area contributed by atoms with Crippen LogP contribution < -0.4 is 5.32 Å². The van der Waals surface area contributed by atoms with Gasteiger partial charge in [-0.2, -0.15) is 0 Å². The minimum Gasteiger partial charge on any atom is -0.354 e. The molecule has 0 bridgehead atoms. The van der Waals surface area contributed by atoms with E-state index in [1.807, 2.05) is 19.1 Å². The molecule has 0 fully saturated rings. The number of hydrogen-bond donors (Lipinski definition) is 1. The van der Waals surface area contributed by atoms with Crippen molar-refractivity contribution in [2.24, 2.45) is 0 Å². The smallest absolute Gasteiger partial charge is 0.242 e. The van der Waals surface area contributed by atoms with Crippen molar-refractivity contribution in [1.29, 1.82) is 0 Å². The molecule has 2 aromatic rings. The second-order valence-electron chi connectivity index (χ2n) is 6.73. The molecule has 29 heavy (non-hydrogen) atoms. The van der Waals surface area contributed by atoms with Crippen molar-refractivity contribution in [2.75, 3.05) is 12.3 Å². The van der Waals surface area contributed by atoms with Gasteiger partial charge in [0.05, 0.1) is 5.75 Å². The van der Waals surface area contributed by atoms with Gasteiger partial charge in [-0.3, -0.25) is 9.59 Å². The number of halogens is 2. The lowest BCUT2D eigenvalue weighted by Gasteiger charge is -2.28. The fourth-order valence-corrected chi connectivity index (χ4v) is 3.68. The van der Waals surface area contributed by atoms with Crippen LogP contribution in [0, 0.1) is 5.82 Å². The number of rotatable bonds is 10. The van der Waals surface area contributed by atoms with Crippen LogP contribution in [0.1, 0.15) is 31.4 Å². The topological polar surface area (TPSA) is 49.4 Å². The molecular weight excluding hydrogens is 411 g/mol. The summed E-state index contributed by atoms with van der Waals surface area (Å²) >= 11 is 7.39. The van der Waals surface area contributed by atoms with E-state index < -0.39 is 6.04 Å². The first-order chi connectivity index (χ1) is 13.9. The van der Waals surface area contributed by atoms with Crippen molar-refractivity contribution in [1.82, 2.24) is 10.2 Å². The van der Waals surface area contributed by atoms with E-state index in [1.54, 1.807) is 36.1 Å². The highest BCUT2D eigenvalue weighted by atomic mass is 35.5. The van der Waals surface area contributed by atoms with E-state index >= 15 is 0 Å². The van der Waals surface area contributed by atoms with Crippen molar-refractivity contribution in [2.45, 2.75) is 38.6 Å². The Morgan fingerprint density at radius 3 is 2.34 bits per heavy atom. The number of carbonyl (C=O) groups is 2. The molecule has 2 amide bonds. The maximum absolute atomic E-state index is 13.0. The Morgan fingerprint density at radius 1 is 1.10 bits per heavy atom. The van der Waals surface area contributed by atoms with E-state index in [0.29, 0.717) is 23.9 Å². The highest BCUT2D eigenvalue weighted by molar-refractivity contribution is 7.99. The van der Waals surface area contributed by atoms with Crippen LogP contribution in [0.2, 0.25) is 5.02 Å². The van der Waals surface area contributed by atoms with E-state index in [-0.39, 0.29) is 23.4 Å². The zero-order chi connectivity index (χ0) is 21.2. The summed E-state index contributed by atoms with van der Waals surface area (Å²) in [5.41, 5.74) is 1.85. The van der Waals surface area contributed by atoms with E-state index in [2.05, 4.69) is 5.32 Å². The average Bonchev–Trinajstić information content (AvgIpc) is 2.72. The summed E-state index contributed by atoms with van der Waals surface area (Å²) in [5.74, 6) is 0.257. The third kappa shape index (κ3) is 7.71. The van der Waals surface area contributed by atoms with Crippen molar-refractivity contribution in [3.8, 4) is 0 Å². The van der Waals surface area contributed by atoms with Gasteiger partial charge in [-0.15, -0.1) is 11.8 Å². The van der Waals surface area contributed by atoms with Gasteiger partial charge in [0.2, 0.25) is 11.8 Å². The third-order valence-electron chi connectivity index (χ3n) is 4.39. The van der Waals surface area contributed by atoms with Gasteiger partial charge in [0.1, 0.15) is 11.9 Å². The molecule has 0 saturated carbocycles. The van der Waals surface area contributed by atoms with Gasteiger partial charge in [0.25, 0.3) is 0 Å². The van der Waals surface area contributed by atoms with Gasteiger partial charge in [0, 0.05) is 23.9 Å². The second-order valence-corrected chi connectivity index (χ2v) is 8.16. The molecule has 7 heteroatoms. The van der Waals surface area contributed by atoms with E-state index in [4.69, 9.17) is 11.6 Å². The van der Waals surface area contributed by atoms with Crippen molar-refractivity contribution in [3.05, 3.63) is 70.5 Å². The molecule has 0 radical (unpaired) electrons. The maximum atomic E-state index is 13.0. The molecule has 0 aliphatic heterocycles. The second kappa shape index (κ2) is 11.8. The van der Waals surface area contributed by atoms with E-state index in [9.17, 15) is 14.0 Å². The summed E-state index contributed by atoms with van der Waals surface area (Å²) < 4.78 is 13.0. The summed E-state index contributed by atoms with van der Waals surface area (Å²) in [7, 11) is 0. The van der Waals surface area contributed by atoms with Crippen LogP contribution in [0.4, 0.5) is 4.39 Å². The van der Waals surface area contributed by atoms with Crippen molar-refractivity contribution >= 4 is 35.2 Å². The predicted molar refractivity (Wildman–Crippen MR) is 117 cm³/mol. The highest BCUT2D eigenvalue weighted by Gasteiger charge is 2.25. The molecule has 0 aliphatic carbocycles. The largest absolute Gasteiger partial charge is 0.354 e. The van der Waals surface area contributed by atoms with Gasteiger partial charge < -0.3 is 10.2 Å². The number of nitrogens with one attached hydrogen (secondary N) is 1. The predicted octanol–water partition coefficient (Wildman–Crippen LogP) is 4.66. The standard InChI is InChI=1S/C22H26ClFN2O2S/c1-3-12-25-22(28)16(2)26(13-17-4-8-19(23)9-5-17)21(27)15-29-14-18-6-10-20(24)11-7-18/h4-11,16H,3,12-15H2,1-2H3,(H,25,28)/t16-/m0/s1. The Balaban J connectivity index is 2.03. The van der Waals surface area contributed by atoms with Crippen molar-refractivity contribution in [3.63, 3.8) is 0 Å². The number of benzene rings is 2. The monoisotopic (exact) mass is 436 g/mol. The molecule has 0 aliphatic rings. The van der Waals surface area contributed by atoms with E-state index in [1.165, 1.54) is 23.9 Å². The van der Waals surface area contributed by atoms with Gasteiger partial charge >= 0.3 is 0 Å². The van der Waals surface area contributed by atoms with Crippen LogP contribution in [-0.2, 0) is 21.9 Å². The lowest BCUT2D eigenvalue weighted by atomic mass is 10.1. The summed E-state index contributed by atoms with van der Waals surface area (Å²) in [6, 6.07) is 12.9. The maximum Gasteiger partial charge on any atom is 0.242 e. The number of carbonyl (C=O) groups excluding carboxylic acids is 2. The van der Waals surface area contributed by atoms with Crippen LogP contribution in [0.5, 0.6) is 0 Å². The van der Waals surface area contributed by atoms with Crippen LogP contribution in [-0.4, -0.2) is 35.1 Å². The fraction of sp³-hybridized carbons (Fsp3) is 0.364. The minimum absolute atomic E-state index is 0.119. The molecule has 4 nitrogen and oxygen atoms in total. The molecule has 0 aromatic heterocycles. The fourth-order valence-electron chi connectivity index (χ4n) is 2.68. The molecule has 1 N–H and O–H groups in total. The Kier molecular flexibility index (Phi) is 9.48. The van der Waals surface area contributed by atoms with Crippen molar-refractivity contribution < 1.29 is 14.0 Å². The summed E-state index contributed by atoms with van der Waals surface area (Å²) in [6.45, 7) is 4.62. The van der Waals surface area contributed by atoms with E-state index in [0.717, 1.165) is 17.5 Å². The first-order valence-corrected chi connectivity index (χ1v) is 11.1.